The summed E-state index contributed by atoms with van der Waals surface area (Å²) in [7, 11) is 0. The van der Waals surface area contributed by atoms with Gasteiger partial charge in [-0.2, -0.15) is 0 Å². The van der Waals surface area contributed by atoms with Gasteiger partial charge in [0.05, 0.1) is 5.69 Å². The SMILES string of the molecule is O=C(CCc1ccc(-c2cccc(Cl)c2)o1)Nc1ccccc1F. The minimum absolute atomic E-state index is 0.182. The Morgan fingerprint density at radius 2 is 1.92 bits per heavy atom. The van der Waals surface area contributed by atoms with Crippen LogP contribution >= 0.6 is 11.6 Å². The molecule has 1 N–H and O–H groups in total. The maximum absolute atomic E-state index is 13.5. The van der Waals surface area contributed by atoms with E-state index in [1.54, 1.807) is 18.2 Å². The maximum Gasteiger partial charge on any atom is 0.224 e. The van der Waals surface area contributed by atoms with Crippen molar-refractivity contribution < 1.29 is 13.6 Å². The lowest BCUT2D eigenvalue weighted by Crippen LogP contribution is -2.13. The Hall–Kier alpha value is -2.59. The van der Waals surface area contributed by atoms with Gasteiger partial charge in [-0.05, 0) is 36.4 Å². The molecule has 0 aliphatic carbocycles. The molecule has 0 spiro atoms. The van der Waals surface area contributed by atoms with Crippen molar-refractivity contribution in [3.63, 3.8) is 0 Å². The number of halogens is 2. The van der Waals surface area contributed by atoms with Gasteiger partial charge in [0, 0.05) is 23.4 Å². The summed E-state index contributed by atoms with van der Waals surface area (Å²) in [6.07, 6.45) is 0.637. The molecule has 0 atom stereocenters. The van der Waals surface area contributed by atoms with Gasteiger partial charge in [0.25, 0.3) is 0 Å². The number of amides is 1. The van der Waals surface area contributed by atoms with Crippen LogP contribution in [0.4, 0.5) is 10.1 Å². The third kappa shape index (κ3) is 4.03. The quantitative estimate of drug-likeness (QED) is 0.682. The molecule has 0 radical (unpaired) electrons. The molecule has 1 heterocycles. The first-order chi connectivity index (χ1) is 11.6. The van der Waals surface area contributed by atoms with Gasteiger partial charge in [-0.25, -0.2) is 4.39 Å². The van der Waals surface area contributed by atoms with Crippen molar-refractivity contribution in [1.29, 1.82) is 0 Å². The monoisotopic (exact) mass is 343 g/mol. The topological polar surface area (TPSA) is 42.2 Å². The van der Waals surface area contributed by atoms with Crippen LogP contribution in [0.25, 0.3) is 11.3 Å². The van der Waals surface area contributed by atoms with Gasteiger partial charge in [-0.1, -0.05) is 35.9 Å². The Morgan fingerprint density at radius 3 is 2.71 bits per heavy atom. The van der Waals surface area contributed by atoms with Gasteiger partial charge in [0.1, 0.15) is 17.3 Å². The standard InChI is InChI=1S/C19H15ClFNO2/c20-14-5-3-4-13(12-14)18-10-8-15(24-18)9-11-19(23)22-17-7-2-1-6-16(17)21/h1-8,10,12H,9,11H2,(H,22,23). The summed E-state index contributed by atoms with van der Waals surface area (Å²) in [5, 5.41) is 3.19. The summed E-state index contributed by atoms with van der Waals surface area (Å²) >= 11 is 5.97. The second kappa shape index (κ2) is 7.32. The van der Waals surface area contributed by atoms with E-state index in [0.717, 1.165) is 5.56 Å². The highest BCUT2D eigenvalue weighted by atomic mass is 35.5. The number of nitrogens with one attached hydrogen (secondary N) is 1. The van der Waals surface area contributed by atoms with Gasteiger partial charge in [0.15, 0.2) is 0 Å². The molecule has 0 unspecified atom stereocenters. The summed E-state index contributed by atoms with van der Waals surface area (Å²) in [5.74, 6) is 0.670. The second-order valence-electron chi connectivity index (χ2n) is 5.30. The van der Waals surface area contributed by atoms with Gasteiger partial charge in [0.2, 0.25) is 5.91 Å². The summed E-state index contributed by atoms with van der Waals surface area (Å²) in [4.78, 5) is 11.9. The Bertz CT molecular complexity index is 860. The molecule has 0 aliphatic heterocycles. The Balaban J connectivity index is 1.59. The van der Waals surface area contributed by atoms with Crippen molar-refractivity contribution in [2.45, 2.75) is 12.8 Å². The number of para-hydroxylation sites is 1. The van der Waals surface area contributed by atoms with Crippen molar-refractivity contribution >= 4 is 23.2 Å². The highest BCUT2D eigenvalue weighted by molar-refractivity contribution is 6.30. The lowest BCUT2D eigenvalue weighted by Gasteiger charge is -2.05. The zero-order valence-corrected chi connectivity index (χ0v) is 13.5. The molecule has 122 valence electrons. The van der Waals surface area contributed by atoms with Crippen molar-refractivity contribution in [2.24, 2.45) is 0 Å². The Kier molecular flexibility index (Phi) is 4.96. The fourth-order valence-electron chi connectivity index (χ4n) is 2.32. The van der Waals surface area contributed by atoms with Crippen LogP contribution in [0, 0.1) is 5.82 Å². The summed E-state index contributed by atoms with van der Waals surface area (Å²) < 4.78 is 19.2. The number of benzene rings is 2. The molecule has 5 heteroatoms. The van der Waals surface area contributed by atoms with E-state index < -0.39 is 5.82 Å². The average Bonchev–Trinajstić information content (AvgIpc) is 3.04. The first-order valence-corrected chi connectivity index (χ1v) is 7.88. The third-order valence-electron chi connectivity index (χ3n) is 3.52. The maximum atomic E-state index is 13.5. The summed E-state index contributed by atoms with van der Waals surface area (Å²) in [6, 6.07) is 17.1. The second-order valence-corrected chi connectivity index (χ2v) is 5.74. The predicted octanol–water partition coefficient (Wildman–Crippen LogP) is 5.31. The number of hydrogen-bond acceptors (Lipinski definition) is 2. The average molecular weight is 344 g/mol. The van der Waals surface area contributed by atoms with E-state index in [1.807, 2.05) is 30.3 Å². The van der Waals surface area contributed by atoms with Crippen molar-refractivity contribution in [3.8, 4) is 11.3 Å². The van der Waals surface area contributed by atoms with Crippen molar-refractivity contribution in [1.82, 2.24) is 0 Å². The fourth-order valence-corrected chi connectivity index (χ4v) is 2.51. The van der Waals surface area contributed by atoms with E-state index in [1.165, 1.54) is 12.1 Å². The van der Waals surface area contributed by atoms with E-state index in [4.69, 9.17) is 16.0 Å². The molecule has 0 fully saturated rings. The molecule has 3 aromatic rings. The molecule has 24 heavy (non-hydrogen) atoms. The zero-order chi connectivity index (χ0) is 16.9. The molecular weight excluding hydrogens is 329 g/mol. The first-order valence-electron chi connectivity index (χ1n) is 7.51. The van der Waals surface area contributed by atoms with Crippen molar-refractivity contribution in [2.75, 3.05) is 5.32 Å². The highest BCUT2D eigenvalue weighted by Crippen LogP contribution is 2.25. The fraction of sp³-hybridized carbons (Fsp3) is 0.105. The molecule has 0 saturated heterocycles. The molecule has 0 saturated carbocycles. The molecule has 3 rings (SSSR count). The van der Waals surface area contributed by atoms with E-state index >= 15 is 0 Å². The molecule has 1 aromatic heterocycles. The molecular formula is C19H15ClFNO2. The lowest BCUT2D eigenvalue weighted by molar-refractivity contribution is -0.116. The van der Waals surface area contributed by atoms with Gasteiger partial charge >= 0.3 is 0 Å². The summed E-state index contributed by atoms with van der Waals surface area (Å²) in [6.45, 7) is 0. The Morgan fingerprint density at radius 1 is 1.08 bits per heavy atom. The van der Waals surface area contributed by atoms with E-state index in [9.17, 15) is 9.18 Å². The molecule has 0 bridgehead atoms. The number of carbonyl (C=O) groups is 1. The van der Waals surface area contributed by atoms with Crippen molar-refractivity contribution in [3.05, 3.63) is 77.3 Å². The Labute approximate surface area is 144 Å². The number of hydrogen-bond donors (Lipinski definition) is 1. The molecule has 1 amide bonds. The van der Waals surface area contributed by atoms with Crippen LogP contribution in [0.2, 0.25) is 5.02 Å². The minimum Gasteiger partial charge on any atom is -0.461 e. The van der Waals surface area contributed by atoms with Crippen LogP contribution in [0.1, 0.15) is 12.2 Å². The first kappa shape index (κ1) is 16.3. The van der Waals surface area contributed by atoms with E-state index in [0.29, 0.717) is 23.0 Å². The van der Waals surface area contributed by atoms with Crippen LogP contribution in [-0.2, 0) is 11.2 Å². The number of furan rings is 1. The lowest BCUT2D eigenvalue weighted by atomic mass is 10.2. The third-order valence-corrected chi connectivity index (χ3v) is 3.75. The molecule has 3 nitrogen and oxygen atoms in total. The van der Waals surface area contributed by atoms with E-state index in [2.05, 4.69) is 5.32 Å². The van der Waals surface area contributed by atoms with E-state index in [-0.39, 0.29) is 18.0 Å². The predicted molar refractivity (Wildman–Crippen MR) is 92.5 cm³/mol. The largest absolute Gasteiger partial charge is 0.461 e. The van der Waals surface area contributed by atoms with Crippen LogP contribution in [0.15, 0.2) is 65.1 Å². The number of anilines is 1. The minimum atomic E-state index is -0.452. The van der Waals surface area contributed by atoms with Crippen LogP contribution in [0.3, 0.4) is 0 Å². The number of rotatable bonds is 5. The van der Waals surface area contributed by atoms with Crippen LogP contribution in [0.5, 0.6) is 0 Å². The van der Waals surface area contributed by atoms with Gasteiger partial charge in [-0.15, -0.1) is 0 Å². The molecule has 0 aliphatic rings. The van der Waals surface area contributed by atoms with Crippen LogP contribution in [-0.4, -0.2) is 5.91 Å². The number of aryl methyl sites for hydroxylation is 1. The van der Waals surface area contributed by atoms with Gasteiger partial charge in [-0.3, -0.25) is 4.79 Å². The molecule has 2 aromatic carbocycles. The zero-order valence-electron chi connectivity index (χ0n) is 12.8. The van der Waals surface area contributed by atoms with Crippen LogP contribution < -0.4 is 5.32 Å². The smallest absolute Gasteiger partial charge is 0.224 e. The number of carbonyl (C=O) groups excluding carboxylic acids is 1. The summed E-state index contributed by atoms with van der Waals surface area (Å²) in [5.41, 5.74) is 1.06. The van der Waals surface area contributed by atoms with Gasteiger partial charge < -0.3 is 9.73 Å². The normalized spacial score (nSPS) is 10.6. The highest BCUT2D eigenvalue weighted by Gasteiger charge is 2.09.